The maximum atomic E-state index is 6.25. The van der Waals surface area contributed by atoms with Gasteiger partial charge in [-0.2, -0.15) is 0 Å². The number of rotatable bonds is 5. The van der Waals surface area contributed by atoms with E-state index in [0.29, 0.717) is 6.61 Å². The van der Waals surface area contributed by atoms with Gasteiger partial charge in [-0.05, 0) is 39.3 Å². The average molecular weight is 290 g/mol. The highest BCUT2D eigenvalue weighted by Crippen LogP contribution is 2.35. The number of hydrogen-bond acceptors (Lipinski definition) is 4. The second-order valence-electron chi connectivity index (χ2n) is 5.33. The van der Waals surface area contributed by atoms with Gasteiger partial charge in [0.15, 0.2) is 0 Å². The topological polar surface area (TPSA) is 48.1 Å². The Morgan fingerprint density at radius 1 is 1.30 bits per heavy atom. The third kappa shape index (κ3) is 3.19. The van der Waals surface area contributed by atoms with E-state index in [1.54, 1.807) is 11.3 Å². The fourth-order valence-electron chi connectivity index (χ4n) is 2.10. The molecule has 0 radical (unpaired) electrons. The van der Waals surface area contributed by atoms with Crippen LogP contribution in [-0.4, -0.2) is 11.6 Å². The summed E-state index contributed by atoms with van der Waals surface area (Å²) in [4.78, 5) is 5.91. The summed E-state index contributed by atoms with van der Waals surface area (Å²) in [6.45, 7) is 8.83. The molecule has 0 unspecified atom stereocenters. The van der Waals surface area contributed by atoms with E-state index < -0.39 is 0 Å². The number of ether oxygens (including phenoxy) is 1. The van der Waals surface area contributed by atoms with Crippen LogP contribution in [0.3, 0.4) is 0 Å². The van der Waals surface area contributed by atoms with E-state index in [9.17, 15) is 0 Å². The van der Waals surface area contributed by atoms with Crippen LogP contribution in [0.4, 0.5) is 0 Å². The molecule has 2 N–H and O–H groups in total. The van der Waals surface area contributed by atoms with Gasteiger partial charge in [0.1, 0.15) is 10.8 Å². The normalized spacial score (nSPS) is 11.7. The minimum absolute atomic E-state index is 0.348. The van der Waals surface area contributed by atoms with Gasteiger partial charge in [0.2, 0.25) is 0 Å². The van der Waals surface area contributed by atoms with E-state index in [1.165, 1.54) is 0 Å². The van der Waals surface area contributed by atoms with Crippen LogP contribution < -0.4 is 10.5 Å². The second kappa shape index (κ2) is 5.94. The molecule has 0 amide bonds. The van der Waals surface area contributed by atoms with Crippen LogP contribution in [0, 0.1) is 0 Å². The predicted molar refractivity (Wildman–Crippen MR) is 85.3 cm³/mol. The molecular formula is C16H22N2OS. The van der Waals surface area contributed by atoms with Crippen LogP contribution in [0.25, 0.3) is 10.6 Å². The van der Waals surface area contributed by atoms with Crippen molar-refractivity contribution in [3.05, 3.63) is 34.8 Å². The van der Waals surface area contributed by atoms with Gasteiger partial charge in [-0.25, -0.2) is 4.98 Å². The summed E-state index contributed by atoms with van der Waals surface area (Å²) in [6.07, 6.45) is 0.900. The number of thiazole rings is 1. The van der Waals surface area contributed by atoms with Crippen LogP contribution in [0.5, 0.6) is 5.75 Å². The summed E-state index contributed by atoms with van der Waals surface area (Å²) in [5, 5.41) is 1.01. The first-order valence-corrected chi connectivity index (χ1v) is 7.79. The lowest BCUT2D eigenvalue weighted by Crippen LogP contribution is -2.28. The summed E-state index contributed by atoms with van der Waals surface area (Å²) < 4.78 is 5.55. The van der Waals surface area contributed by atoms with E-state index in [1.807, 2.05) is 39.0 Å². The number of hydrogen-bond donors (Lipinski definition) is 1. The quantitative estimate of drug-likeness (QED) is 0.906. The smallest absolute Gasteiger partial charge is 0.124 e. The van der Waals surface area contributed by atoms with Crippen LogP contribution in [0.2, 0.25) is 0 Å². The van der Waals surface area contributed by atoms with Crippen molar-refractivity contribution in [3.8, 4) is 16.3 Å². The third-order valence-electron chi connectivity index (χ3n) is 3.01. The van der Waals surface area contributed by atoms with Crippen LogP contribution >= 0.6 is 11.3 Å². The first kappa shape index (κ1) is 15.0. The number of nitrogens with zero attached hydrogens (tertiary/aromatic N) is 1. The SMILES string of the molecule is CCOc1cccc(-c2nc(CC)c(C(C)(C)N)s2)c1. The van der Waals surface area contributed by atoms with E-state index >= 15 is 0 Å². The van der Waals surface area contributed by atoms with Gasteiger partial charge in [-0.15, -0.1) is 11.3 Å². The van der Waals surface area contributed by atoms with Crippen LogP contribution in [0.1, 0.15) is 38.3 Å². The molecule has 0 spiro atoms. The van der Waals surface area contributed by atoms with Gasteiger partial charge in [-0.1, -0.05) is 19.1 Å². The molecule has 0 bridgehead atoms. The summed E-state index contributed by atoms with van der Waals surface area (Å²) >= 11 is 1.68. The molecular weight excluding hydrogens is 268 g/mol. The molecule has 0 atom stereocenters. The van der Waals surface area contributed by atoms with Gasteiger partial charge in [0.05, 0.1) is 12.3 Å². The highest BCUT2D eigenvalue weighted by Gasteiger charge is 2.23. The third-order valence-corrected chi connectivity index (χ3v) is 4.50. The average Bonchev–Trinajstić information content (AvgIpc) is 2.83. The maximum absolute atomic E-state index is 6.25. The van der Waals surface area contributed by atoms with Crippen molar-refractivity contribution in [2.75, 3.05) is 6.61 Å². The van der Waals surface area contributed by atoms with Gasteiger partial charge < -0.3 is 10.5 Å². The fourth-order valence-corrected chi connectivity index (χ4v) is 3.27. The second-order valence-corrected chi connectivity index (χ2v) is 6.33. The Morgan fingerprint density at radius 3 is 2.60 bits per heavy atom. The molecule has 0 fully saturated rings. The Morgan fingerprint density at radius 2 is 2.05 bits per heavy atom. The zero-order chi connectivity index (χ0) is 14.8. The standard InChI is InChI=1S/C16H22N2OS/c1-5-13-14(16(3,4)17)20-15(18-13)11-8-7-9-12(10-11)19-6-2/h7-10H,5-6,17H2,1-4H3. The zero-order valence-corrected chi connectivity index (χ0v) is 13.4. The molecule has 0 saturated carbocycles. The van der Waals surface area contributed by atoms with Crippen LogP contribution in [-0.2, 0) is 12.0 Å². The highest BCUT2D eigenvalue weighted by molar-refractivity contribution is 7.15. The van der Waals surface area contributed by atoms with E-state index in [-0.39, 0.29) is 5.54 Å². The number of benzene rings is 1. The maximum Gasteiger partial charge on any atom is 0.124 e. The van der Waals surface area contributed by atoms with Crippen molar-refractivity contribution >= 4 is 11.3 Å². The Labute approximate surface area is 124 Å². The molecule has 1 heterocycles. The molecule has 0 saturated heterocycles. The zero-order valence-electron chi connectivity index (χ0n) is 12.6. The molecule has 108 valence electrons. The number of nitrogens with two attached hydrogens (primary N) is 1. The van der Waals surface area contributed by atoms with Crippen LogP contribution in [0.15, 0.2) is 24.3 Å². The van der Waals surface area contributed by atoms with Crippen molar-refractivity contribution in [1.82, 2.24) is 4.98 Å². The van der Waals surface area contributed by atoms with Gasteiger partial charge in [-0.3, -0.25) is 0 Å². The molecule has 3 nitrogen and oxygen atoms in total. The monoisotopic (exact) mass is 290 g/mol. The van der Waals surface area contributed by atoms with Crippen molar-refractivity contribution in [3.63, 3.8) is 0 Å². The Kier molecular flexibility index (Phi) is 4.45. The molecule has 2 aromatic rings. The molecule has 4 heteroatoms. The van der Waals surface area contributed by atoms with E-state index in [0.717, 1.165) is 33.3 Å². The summed E-state index contributed by atoms with van der Waals surface area (Å²) in [5.41, 5.74) is 8.09. The van der Waals surface area contributed by atoms with Crippen molar-refractivity contribution in [2.45, 2.75) is 39.7 Å². The summed E-state index contributed by atoms with van der Waals surface area (Å²) in [7, 11) is 0. The largest absolute Gasteiger partial charge is 0.494 e. The molecule has 1 aromatic carbocycles. The fraction of sp³-hybridized carbons (Fsp3) is 0.438. The molecule has 20 heavy (non-hydrogen) atoms. The minimum Gasteiger partial charge on any atom is -0.494 e. The number of aryl methyl sites for hydroxylation is 1. The van der Waals surface area contributed by atoms with E-state index in [4.69, 9.17) is 15.5 Å². The van der Waals surface area contributed by atoms with Gasteiger partial charge in [0.25, 0.3) is 0 Å². The lowest BCUT2D eigenvalue weighted by molar-refractivity contribution is 0.340. The Hall–Kier alpha value is -1.39. The first-order chi connectivity index (χ1) is 9.45. The lowest BCUT2D eigenvalue weighted by atomic mass is 10.0. The minimum atomic E-state index is -0.348. The van der Waals surface area contributed by atoms with E-state index in [2.05, 4.69) is 13.0 Å². The lowest BCUT2D eigenvalue weighted by Gasteiger charge is -2.17. The van der Waals surface area contributed by atoms with Crippen molar-refractivity contribution in [1.29, 1.82) is 0 Å². The molecule has 2 rings (SSSR count). The first-order valence-electron chi connectivity index (χ1n) is 6.98. The predicted octanol–water partition coefficient (Wildman–Crippen LogP) is 3.97. The highest BCUT2D eigenvalue weighted by atomic mass is 32.1. The molecule has 0 aliphatic heterocycles. The van der Waals surface area contributed by atoms with Crippen molar-refractivity contribution < 1.29 is 4.74 Å². The molecule has 1 aromatic heterocycles. The Bertz CT molecular complexity index is 584. The number of aromatic nitrogens is 1. The Balaban J connectivity index is 2.43. The molecule has 0 aliphatic carbocycles. The van der Waals surface area contributed by atoms with Crippen molar-refractivity contribution in [2.24, 2.45) is 5.73 Å². The van der Waals surface area contributed by atoms with Gasteiger partial charge in [0, 0.05) is 16.0 Å². The summed E-state index contributed by atoms with van der Waals surface area (Å²) in [5.74, 6) is 0.881. The summed E-state index contributed by atoms with van der Waals surface area (Å²) in [6, 6.07) is 8.07. The molecule has 0 aliphatic rings. The van der Waals surface area contributed by atoms with Gasteiger partial charge >= 0.3 is 0 Å².